The minimum absolute atomic E-state index is 0.261. The maximum atomic E-state index is 9.27. The van der Waals surface area contributed by atoms with E-state index < -0.39 is 0 Å². The Bertz CT molecular complexity index is 302. The van der Waals surface area contributed by atoms with E-state index in [1.54, 1.807) is 0 Å². The van der Waals surface area contributed by atoms with Crippen LogP contribution in [-0.4, -0.2) is 34.2 Å². The van der Waals surface area contributed by atoms with Gasteiger partial charge in [-0.3, -0.25) is 9.88 Å². The summed E-state index contributed by atoms with van der Waals surface area (Å²) in [5.41, 5.74) is 1.10. The van der Waals surface area contributed by atoms with Crippen LogP contribution in [0.15, 0.2) is 24.4 Å². The Balaban J connectivity index is 2.10. The predicted molar refractivity (Wildman–Crippen MR) is 59.5 cm³/mol. The molecule has 15 heavy (non-hydrogen) atoms. The van der Waals surface area contributed by atoms with Crippen molar-refractivity contribution >= 4 is 0 Å². The highest BCUT2D eigenvalue weighted by Gasteiger charge is 2.28. The third-order valence-corrected chi connectivity index (χ3v) is 3.25. The third kappa shape index (κ3) is 2.19. The normalized spacial score (nSPS) is 24.3. The molecule has 2 rings (SSSR count). The first-order valence-corrected chi connectivity index (χ1v) is 5.60. The Labute approximate surface area is 90.8 Å². The van der Waals surface area contributed by atoms with E-state index in [1.165, 1.54) is 6.42 Å². The van der Waals surface area contributed by atoms with Crippen molar-refractivity contribution in [1.29, 1.82) is 0 Å². The van der Waals surface area contributed by atoms with Gasteiger partial charge in [-0.1, -0.05) is 6.07 Å². The fourth-order valence-electron chi connectivity index (χ4n) is 2.36. The van der Waals surface area contributed by atoms with E-state index in [0.29, 0.717) is 12.1 Å². The Morgan fingerprint density at radius 1 is 1.60 bits per heavy atom. The molecule has 0 amide bonds. The highest BCUT2D eigenvalue weighted by Crippen LogP contribution is 2.27. The molecule has 0 aliphatic carbocycles. The lowest BCUT2D eigenvalue weighted by Gasteiger charge is -2.29. The average Bonchev–Trinajstić information content (AvgIpc) is 2.77. The van der Waals surface area contributed by atoms with E-state index in [2.05, 4.69) is 22.9 Å². The van der Waals surface area contributed by atoms with E-state index in [1.807, 2.05) is 18.3 Å². The molecule has 0 aromatic carbocycles. The summed E-state index contributed by atoms with van der Waals surface area (Å²) in [7, 11) is 0. The summed E-state index contributed by atoms with van der Waals surface area (Å²) in [6.45, 7) is 3.50. The second kappa shape index (κ2) is 4.73. The summed E-state index contributed by atoms with van der Waals surface area (Å²) in [5.74, 6) is 0. The predicted octanol–water partition coefficient (Wildman–Crippen LogP) is 1.60. The molecule has 1 aliphatic rings. The van der Waals surface area contributed by atoms with Crippen LogP contribution in [0, 0.1) is 0 Å². The van der Waals surface area contributed by atoms with Crippen molar-refractivity contribution in [2.24, 2.45) is 0 Å². The van der Waals surface area contributed by atoms with Gasteiger partial charge in [-0.25, -0.2) is 0 Å². The van der Waals surface area contributed by atoms with Crippen molar-refractivity contribution in [3.63, 3.8) is 0 Å². The van der Waals surface area contributed by atoms with Gasteiger partial charge in [0.2, 0.25) is 0 Å². The summed E-state index contributed by atoms with van der Waals surface area (Å²) in [5, 5.41) is 9.27. The van der Waals surface area contributed by atoms with Crippen molar-refractivity contribution in [1.82, 2.24) is 9.88 Å². The molecule has 1 aliphatic heterocycles. The van der Waals surface area contributed by atoms with Gasteiger partial charge in [-0.15, -0.1) is 0 Å². The van der Waals surface area contributed by atoms with E-state index in [4.69, 9.17) is 0 Å². The van der Waals surface area contributed by atoms with Gasteiger partial charge in [0.1, 0.15) is 0 Å². The van der Waals surface area contributed by atoms with E-state index >= 15 is 0 Å². The van der Waals surface area contributed by atoms with Crippen LogP contribution >= 0.6 is 0 Å². The van der Waals surface area contributed by atoms with Gasteiger partial charge in [0, 0.05) is 18.3 Å². The first-order chi connectivity index (χ1) is 7.33. The molecule has 2 atom stereocenters. The average molecular weight is 206 g/mol. The Kier molecular flexibility index (Phi) is 3.34. The standard InChI is InChI=1S/C12H18N2O/c1-10(12-6-2-3-7-13-12)14-8-4-5-11(14)9-15/h2-3,6-7,10-11,15H,4-5,8-9H2,1H3/t10-,11-/m1/s1. The maximum Gasteiger partial charge on any atom is 0.0587 e. The molecule has 1 aromatic heterocycles. The molecule has 1 fully saturated rings. The van der Waals surface area contributed by atoms with Crippen molar-refractivity contribution in [3.05, 3.63) is 30.1 Å². The Morgan fingerprint density at radius 3 is 3.13 bits per heavy atom. The first-order valence-electron chi connectivity index (χ1n) is 5.60. The Hall–Kier alpha value is -0.930. The highest BCUT2D eigenvalue weighted by atomic mass is 16.3. The van der Waals surface area contributed by atoms with Crippen LogP contribution in [0.25, 0.3) is 0 Å². The smallest absolute Gasteiger partial charge is 0.0587 e. The second-order valence-corrected chi connectivity index (χ2v) is 4.15. The summed E-state index contributed by atoms with van der Waals surface area (Å²) in [6, 6.07) is 6.64. The molecule has 0 saturated carbocycles. The number of pyridine rings is 1. The van der Waals surface area contributed by atoms with E-state index in [9.17, 15) is 5.11 Å². The molecular weight excluding hydrogens is 188 g/mol. The summed E-state index contributed by atoms with van der Waals surface area (Å²) < 4.78 is 0. The lowest BCUT2D eigenvalue weighted by molar-refractivity contribution is 0.124. The molecule has 1 aromatic rings. The fraction of sp³-hybridized carbons (Fsp3) is 0.583. The lowest BCUT2D eigenvalue weighted by Crippen LogP contribution is -2.34. The number of nitrogens with zero attached hydrogens (tertiary/aromatic N) is 2. The number of aliphatic hydroxyl groups excluding tert-OH is 1. The number of aliphatic hydroxyl groups is 1. The van der Waals surface area contributed by atoms with Gasteiger partial charge in [-0.2, -0.15) is 0 Å². The third-order valence-electron chi connectivity index (χ3n) is 3.25. The van der Waals surface area contributed by atoms with Crippen molar-refractivity contribution in [2.75, 3.05) is 13.2 Å². The van der Waals surface area contributed by atoms with Gasteiger partial charge in [0.15, 0.2) is 0 Å². The van der Waals surface area contributed by atoms with Gasteiger partial charge < -0.3 is 5.11 Å². The number of rotatable bonds is 3. The molecule has 2 heterocycles. The minimum Gasteiger partial charge on any atom is -0.395 e. The Morgan fingerprint density at radius 2 is 2.47 bits per heavy atom. The molecule has 1 N–H and O–H groups in total. The van der Waals surface area contributed by atoms with Gasteiger partial charge in [0.25, 0.3) is 0 Å². The van der Waals surface area contributed by atoms with Crippen molar-refractivity contribution < 1.29 is 5.11 Å². The summed E-state index contributed by atoms with van der Waals surface area (Å²) in [6.07, 6.45) is 4.12. The highest BCUT2D eigenvalue weighted by molar-refractivity contribution is 5.09. The molecule has 1 saturated heterocycles. The number of aromatic nitrogens is 1. The monoisotopic (exact) mass is 206 g/mol. The molecule has 3 nitrogen and oxygen atoms in total. The van der Waals surface area contributed by atoms with Crippen LogP contribution in [0.4, 0.5) is 0 Å². The molecule has 0 spiro atoms. The van der Waals surface area contributed by atoms with Gasteiger partial charge >= 0.3 is 0 Å². The van der Waals surface area contributed by atoms with Crippen LogP contribution in [-0.2, 0) is 0 Å². The van der Waals surface area contributed by atoms with Crippen LogP contribution < -0.4 is 0 Å². The zero-order valence-corrected chi connectivity index (χ0v) is 9.13. The molecule has 0 unspecified atom stereocenters. The van der Waals surface area contributed by atoms with Crippen molar-refractivity contribution in [3.8, 4) is 0 Å². The number of hydrogen-bond donors (Lipinski definition) is 1. The zero-order valence-electron chi connectivity index (χ0n) is 9.13. The molecule has 0 radical (unpaired) electrons. The topological polar surface area (TPSA) is 36.4 Å². The number of likely N-dealkylation sites (tertiary alicyclic amines) is 1. The number of hydrogen-bond acceptors (Lipinski definition) is 3. The molecule has 0 bridgehead atoms. The molecule has 3 heteroatoms. The lowest BCUT2D eigenvalue weighted by atomic mass is 10.1. The SMILES string of the molecule is C[C@H](c1ccccn1)N1CCC[C@@H]1CO. The quantitative estimate of drug-likeness (QED) is 0.816. The minimum atomic E-state index is 0.261. The fourth-order valence-corrected chi connectivity index (χ4v) is 2.36. The first kappa shape index (κ1) is 10.6. The van der Waals surface area contributed by atoms with Gasteiger partial charge in [-0.05, 0) is 38.4 Å². The second-order valence-electron chi connectivity index (χ2n) is 4.15. The largest absolute Gasteiger partial charge is 0.395 e. The van der Waals surface area contributed by atoms with Crippen LogP contribution in [0.2, 0.25) is 0 Å². The van der Waals surface area contributed by atoms with Crippen LogP contribution in [0.1, 0.15) is 31.5 Å². The van der Waals surface area contributed by atoms with E-state index in [0.717, 1.165) is 18.7 Å². The van der Waals surface area contributed by atoms with Crippen LogP contribution in [0.3, 0.4) is 0 Å². The summed E-state index contributed by atoms with van der Waals surface area (Å²) >= 11 is 0. The molecular formula is C12H18N2O. The van der Waals surface area contributed by atoms with Crippen LogP contribution in [0.5, 0.6) is 0 Å². The van der Waals surface area contributed by atoms with Crippen molar-refractivity contribution in [2.45, 2.75) is 31.8 Å². The maximum absolute atomic E-state index is 9.27. The summed E-state index contributed by atoms with van der Waals surface area (Å²) in [4.78, 5) is 6.72. The van der Waals surface area contributed by atoms with E-state index in [-0.39, 0.29) is 6.61 Å². The van der Waals surface area contributed by atoms with Gasteiger partial charge in [0.05, 0.1) is 12.3 Å². The zero-order chi connectivity index (χ0) is 10.7. The molecule has 82 valence electrons.